The summed E-state index contributed by atoms with van der Waals surface area (Å²) in [6.07, 6.45) is 34.3. The van der Waals surface area contributed by atoms with Crippen molar-refractivity contribution in [1.82, 2.24) is 13.7 Å². The summed E-state index contributed by atoms with van der Waals surface area (Å²) in [5.74, 6) is 0. The van der Waals surface area contributed by atoms with E-state index in [9.17, 15) is 15.8 Å². The Morgan fingerprint density at radius 3 is 0.563 bits per heavy atom. The molecule has 450 valence electrons. The van der Waals surface area contributed by atoms with Crippen molar-refractivity contribution in [3.8, 4) is 35.3 Å². The first-order valence-electron chi connectivity index (χ1n) is 34.5. The summed E-state index contributed by atoms with van der Waals surface area (Å²) >= 11 is 0. The Kier molecular flexibility index (Phi) is 21.8. The predicted octanol–water partition coefficient (Wildman–Crippen LogP) is 23.3. The van der Waals surface area contributed by atoms with Crippen LogP contribution >= 0.6 is 0 Å². The lowest BCUT2D eigenvalue weighted by molar-refractivity contribution is 0.667. The lowest BCUT2D eigenvalue weighted by Gasteiger charge is -2.23. The lowest BCUT2D eigenvalue weighted by Crippen LogP contribution is -2.14. The zero-order valence-electron chi connectivity index (χ0n) is 53.8. The van der Waals surface area contributed by atoms with Gasteiger partial charge in [0.2, 0.25) is 0 Å². The number of nitrogens with zero attached hydrogens (tertiary/aromatic N) is 6. The standard InChI is InChI=1S/C81H96N6/c1-7-13-19-25-31-58-37-43-73-64(49-58)65-50-59(32-26-20-14-8-2)38-44-74(65)85(73)79-70(55-82)80(86-75-45-39-60(33-27-21-15-9-3)51-66(75)67-52-61(40-46-76(67)86)34-28-22-16-10-4)72(57-84)81(71(79)56-83)87-77-47-41-62(35-29-23-17-11-5)53-68(77)69-54-63(42-48-78(69)87)36-30-24-18-12-6/h37-54H,7-36H2,1-6H3. The van der Waals surface area contributed by atoms with E-state index in [1.165, 1.54) is 149 Å². The van der Waals surface area contributed by atoms with Gasteiger partial charge in [-0.2, -0.15) is 15.8 Å². The molecule has 3 aromatic heterocycles. The topological polar surface area (TPSA) is 86.2 Å². The van der Waals surface area contributed by atoms with Gasteiger partial charge in [-0.3, -0.25) is 0 Å². The van der Waals surface area contributed by atoms with Gasteiger partial charge in [-0.05, 0) is 183 Å². The number of benzene rings is 7. The molecular weight excluding hydrogens is 1060 g/mol. The van der Waals surface area contributed by atoms with Crippen molar-refractivity contribution in [1.29, 1.82) is 15.8 Å². The zero-order chi connectivity index (χ0) is 60.7. The quantitative estimate of drug-likeness (QED) is 0.0384. The van der Waals surface area contributed by atoms with E-state index >= 15 is 0 Å². The number of hydrogen-bond acceptors (Lipinski definition) is 3. The van der Waals surface area contributed by atoms with Gasteiger partial charge in [-0.1, -0.05) is 194 Å². The summed E-state index contributed by atoms with van der Waals surface area (Å²) in [6, 6.07) is 50.0. The molecule has 6 heteroatoms. The van der Waals surface area contributed by atoms with Crippen LogP contribution in [-0.4, -0.2) is 13.7 Å². The number of unbranched alkanes of at least 4 members (excludes halogenated alkanes) is 18. The molecule has 3 heterocycles. The molecule has 87 heavy (non-hydrogen) atoms. The minimum Gasteiger partial charge on any atom is -0.306 e. The van der Waals surface area contributed by atoms with E-state index in [-0.39, 0.29) is 0 Å². The second-order valence-corrected chi connectivity index (χ2v) is 25.5. The zero-order valence-corrected chi connectivity index (χ0v) is 53.8. The van der Waals surface area contributed by atoms with Crippen molar-refractivity contribution in [2.45, 2.75) is 234 Å². The maximum Gasteiger partial charge on any atom is 0.104 e. The van der Waals surface area contributed by atoms with Crippen LogP contribution in [0.25, 0.3) is 82.5 Å². The van der Waals surface area contributed by atoms with Crippen LogP contribution in [0.1, 0.15) is 246 Å². The van der Waals surface area contributed by atoms with E-state index in [2.05, 4.69) is 183 Å². The van der Waals surface area contributed by atoms with Crippen molar-refractivity contribution in [3.05, 3.63) is 159 Å². The molecule has 0 aliphatic rings. The lowest BCUT2D eigenvalue weighted by atomic mass is 9.96. The van der Waals surface area contributed by atoms with Gasteiger partial charge in [0.25, 0.3) is 0 Å². The predicted molar refractivity (Wildman–Crippen MR) is 371 cm³/mol. The fourth-order valence-corrected chi connectivity index (χ4v) is 14.2. The average Bonchev–Trinajstić information content (AvgIpc) is 1.67. The van der Waals surface area contributed by atoms with E-state index in [1.807, 2.05) is 0 Å². The molecule has 0 amide bonds. The first-order chi connectivity index (χ1) is 42.8. The molecule has 7 aromatic carbocycles. The van der Waals surface area contributed by atoms with Gasteiger partial charge in [0.1, 0.15) is 34.9 Å². The number of aryl methyl sites for hydroxylation is 6. The summed E-state index contributed by atoms with van der Waals surface area (Å²) in [5.41, 5.74) is 16.0. The molecule has 0 N–H and O–H groups in total. The normalized spacial score (nSPS) is 11.8. The second kappa shape index (κ2) is 30.4. The molecule has 0 aliphatic carbocycles. The number of rotatable bonds is 33. The Bertz CT molecular complexity index is 3480. The molecule has 0 unspecified atom stereocenters. The van der Waals surface area contributed by atoms with Crippen LogP contribution in [-0.2, 0) is 38.5 Å². The third-order valence-corrected chi connectivity index (χ3v) is 19.0. The molecule has 0 atom stereocenters. The van der Waals surface area contributed by atoms with Crippen LogP contribution in [0, 0.1) is 34.0 Å². The highest BCUT2D eigenvalue weighted by atomic mass is 15.1. The molecule has 0 saturated carbocycles. The largest absolute Gasteiger partial charge is 0.306 e. The third-order valence-electron chi connectivity index (χ3n) is 19.0. The van der Waals surface area contributed by atoms with Crippen molar-refractivity contribution < 1.29 is 0 Å². The molecule has 10 rings (SSSR count). The smallest absolute Gasteiger partial charge is 0.104 e. The molecule has 0 saturated heterocycles. The van der Waals surface area contributed by atoms with E-state index in [4.69, 9.17) is 0 Å². The minimum atomic E-state index is 0.313. The van der Waals surface area contributed by atoms with Gasteiger partial charge < -0.3 is 13.7 Å². The number of aromatic nitrogens is 3. The van der Waals surface area contributed by atoms with Crippen LogP contribution in [0.5, 0.6) is 0 Å². The maximum atomic E-state index is 12.4. The first kappa shape index (κ1) is 62.5. The number of fused-ring (bicyclic) bond motifs is 9. The van der Waals surface area contributed by atoms with Crippen LogP contribution in [0.2, 0.25) is 0 Å². The average molecular weight is 1150 g/mol. The van der Waals surface area contributed by atoms with Gasteiger partial charge in [0.15, 0.2) is 0 Å². The Labute approximate surface area is 520 Å². The maximum absolute atomic E-state index is 12.4. The van der Waals surface area contributed by atoms with Crippen LogP contribution < -0.4 is 0 Å². The van der Waals surface area contributed by atoms with Crippen molar-refractivity contribution in [3.63, 3.8) is 0 Å². The third kappa shape index (κ3) is 13.5. The molecule has 6 nitrogen and oxygen atoms in total. The fourth-order valence-electron chi connectivity index (χ4n) is 14.2. The Morgan fingerprint density at radius 2 is 0.414 bits per heavy atom. The number of hydrogen-bond donors (Lipinski definition) is 0. The van der Waals surface area contributed by atoms with E-state index in [1.54, 1.807) is 0 Å². The highest BCUT2D eigenvalue weighted by Gasteiger charge is 2.33. The summed E-state index contributed by atoms with van der Waals surface area (Å²) in [5, 5.41) is 43.9. The van der Waals surface area contributed by atoms with Crippen LogP contribution in [0.3, 0.4) is 0 Å². The first-order valence-corrected chi connectivity index (χ1v) is 34.5. The van der Waals surface area contributed by atoms with E-state index < -0.39 is 0 Å². The number of nitriles is 3. The molecular formula is C81H96N6. The highest BCUT2D eigenvalue weighted by molar-refractivity contribution is 6.14. The molecule has 0 fully saturated rings. The van der Waals surface area contributed by atoms with Crippen molar-refractivity contribution in [2.75, 3.05) is 0 Å². The summed E-state index contributed by atoms with van der Waals surface area (Å²) in [7, 11) is 0. The summed E-state index contributed by atoms with van der Waals surface area (Å²) in [6.45, 7) is 13.6. The van der Waals surface area contributed by atoms with Gasteiger partial charge in [-0.15, -0.1) is 0 Å². The van der Waals surface area contributed by atoms with Gasteiger partial charge in [0, 0.05) is 32.3 Å². The molecule has 0 radical (unpaired) electrons. The summed E-state index contributed by atoms with van der Waals surface area (Å²) in [4.78, 5) is 0. The molecule has 0 spiro atoms. The molecule has 0 bridgehead atoms. The Balaban J connectivity index is 1.34. The van der Waals surface area contributed by atoms with Crippen LogP contribution in [0.15, 0.2) is 109 Å². The monoisotopic (exact) mass is 1150 g/mol. The molecule has 0 aliphatic heterocycles. The van der Waals surface area contributed by atoms with Gasteiger partial charge in [0.05, 0.1) is 50.2 Å². The van der Waals surface area contributed by atoms with E-state index in [0.29, 0.717) is 33.8 Å². The minimum absolute atomic E-state index is 0.313. The van der Waals surface area contributed by atoms with Gasteiger partial charge in [-0.25, -0.2) is 0 Å². The Hall–Kier alpha value is -7.59. The Morgan fingerprint density at radius 1 is 0.241 bits per heavy atom. The highest BCUT2D eigenvalue weighted by Crippen LogP contribution is 2.46. The van der Waals surface area contributed by atoms with Crippen LogP contribution in [0.4, 0.5) is 0 Å². The second-order valence-electron chi connectivity index (χ2n) is 25.5. The fraction of sp³-hybridized carbons (Fsp3) is 0.444. The SMILES string of the molecule is CCCCCCc1ccc2c(c1)c1cc(CCCCCC)ccc1n2-c1c(C#N)c(-n2c3ccc(CCCCCC)cc3c3cc(CCCCCC)ccc32)c(C#N)c(-n2c3ccc(CCCCCC)cc3c3cc(CCCCCC)ccc32)c1C#N. The van der Waals surface area contributed by atoms with Gasteiger partial charge >= 0.3 is 0 Å². The van der Waals surface area contributed by atoms with Crippen molar-refractivity contribution >= 4 is 65.4 Å². The van der Waals surface area contributed by atoms with E-state index in [0.717, 1.165) is 142 Å². The molecule has 10 aromatic rings. The van der Waals surface area contributed by atoms with Crippen molar-refractivity contribution in [2.24, 2.45) is 0 Å². The summed E-state index contributed by atoms with van der Waals surface area (Å²) < 4.78 is 6.72.